The van der Waals surface area contributed by atoms with Gasteiger partial charge in [-0.2, -0.15) is 0 Å². The van der Waals surface area contributed by atoms with E-state index in [1.54, 1.807) is 0 Å². The van der Waals surface area contributed by atoms with E-state index in [2.05, 4.69) is 191 Å². The third-order valence-electron chi connectivity index (χ3n) is 16.6. The number of ether oxygens (including phenoxy) is 1. The van der Waals surface area contributed by atoms with Crippen LogP contribution in [0.15, 0.2) is 176 Å². The van der Waals surface area contributed by atoms with E-state index in [1.807, 2.05) is 12.1 Å². The van der Waals surface area contributed by atoms with E-state index >= 15 is 0 Å². The first-order valence-electron chi connectivity index (χ1n) is 24.9. The second-order valence-corrected chi connectivity index (χ2v) is 20.6. The van der Waals surface area contributed by atoms with Crippen LogP contribution in [0.2, 0.25) is 0 Å². The lowest BCUT2D eigenvalue weighted by atomic mass is 9.33. The Balaban J connectivity index is 1.18. The van der Waals surface area contributed by atoms with Crippen molar-refractivity contribution in [2.75, 3.05) is 0 Å². The van der Waals surface area contributed by atoms with Gasteiger partial charge in [-0.3, -0.25) is 17.9 Å². The van der Waals surface area contributed by atoms with Gasteiger partial charge in [-0.05, 0) is 77.3 Å². The van der Waals surface area contributed by atoms with Crippen molar-refractivity contribution >= 4 is 169 Å². The molecule has 74 heavy (non-hydrogen) atoms. The molecule has 0 bridgehead atoms. The highest BCUT2D eigenvalue weighted by Crippen LogP contribution is 2.54. The average Bonchev–Trinajstić information content (AvgIpc) is 4.33. The number of nitrogens with zero attached hydrogens (tertiary/aromatic N) is 6. The van der Waals surface area contributed by atoms with Crippen LogP contribution in [-0.4, -0.2) is 80.9 Å². The van der Waals surface area contributed by atoms with Gasteiger partial charge in [0, 0.05) is 55.2 Å². The number of imidazole rings is 2. The van der Waals surface area contributed by atoms with E-state index < -0.39 is 10.2 Å². The minimum absolute atomic E-state index is 0.336. The second-order valence-electron chi connectivity index (χ2n) is 20.6. The molecule has 0 unspecified atom stereocenters. The number of rotatable bonds is 4. The zero-order valence-electron chi connectivity index (χ0n) is 39.4. The van der Waals surface area contributed by atoms with Gasteiger partial charge < -0.3 is 13.9 Å². The van der Waals surface area contributed by atoms with Crippen LogP contribution in [0.25, 0.3) is 122 Å². The Labute approximate surface area is 430 Å². The predicted octanol–water partition coefficient (Wildman–Crippen LogP) is 9.06. The van der Waals surface area contributed by atoms with Crippen LogP contribution >= 0.6 is 0 Å². The number of para-hydroxylation sites is 6. The Morgan fingerprint density at radius 3 is 1.14 bits per heavy atom. The molecule has 3 aliphatic heterocycles. The fourth-order valence-electron chi connectivity index (χ4n) is 14.3. The number of aromatic nitrogens is 6. The molecule has 0 N–H and O–H groups in total. The summed E-state index contributed by atoms with van der Waals surface area (Å²) in [6.07, 6.45) is 0. The number of hydrogen-bond acceptors (Lipinski definition) is 1. The van der Waals surface area contributed by atoms with Gasteiger partial charge in [0.15, 0.2) is 0 Å². The van der Waals surface area contributed by atoms with Crippen LogP contribution < -0.4 is 21.1 Å². The van der Waals surface area contributed by atoms with Crippen LogP contribution in [0.4, 0.5) is 0 Å². The van der Waals surface area contributed by atoms with Crippen LogP contribution in [0, 0.1) is 0 Å². The first-order chi connectivity index (χ1) is 36.1. The van der Waals surface area contributed by atoms with Gasteiger partial charge in [-0.1, -0.05) is 115 Å². The molecule has 0 fully saturated rings. The molecule has 3 aliphatic rings. The summed E-state index contributed by atoms with van der Waals surface area (Å²) >= 11 is 0. The minimum Gasteiger partial charge on any atom is -0.457 e. The molecular weight excluding hydrogens is 896 g/mol. The maximum atomic E-state index is 8.13. The fourth-order valence-corrected chi connectivity index (χ4v) is 14.3. The molecule has 9 heterocycles. The second kappa shape index (κ2) is 13.0. The molecule has 0 saturated carbocycles. The van der Waals surface area contributed by atoms with E-state index in [1.165, 1.54) is 0 Å². The monoisotopic (exact) mass is 926 g/mol. The van der Waals surface area contributed by atoms with Gasteiger partial charge in [0.2, 0.25) is 0 Å². The van der Waals surface area contributed by atoms with Crippen LogP contribution in [0.1, 0.15) is 11.1 Å². The standard InChI is InChI=1S/C60H29B7N6O/c61-59(62,63)44-34-22-9-13-26-38(34)70-53-49-42(32-20-7-11-24-36(32)68(49)30-16-3-1-4-17-30)55-47-51(53)72(57(44)70)40-28-15-29-41-46(40)67(47)48-52-54(71-39-27-14-10-23-35(39)45(60(64,65)66)58(71)73(41)52)50-43(56(48)74-55)33-21-8-12-25-37(33)69(50)31-18-5-2-6-19-31/h1-29H. The van der Waals surface area contributed by atoms with Crippen molar-refractivity contribution in [3.63, 3.8) is 0 Å². The van der Waals surface area contributed by atoms with E-state index in [9.17, 15) is 0 Å². The van der Waals surface area contributed by atoms with Crippen molar-refractivity contribution < 1.29 is 4.74 Å². The quantitative estimate of drug-likeness (QED) is 0.163. The first kappa shape index (κ1) is 40.0. The van der Waals surface area contributed by atoms with Gasteiger partial charge in [0.05, 0.1) is 113 Å². The summed E-state index contributed by atoms with van der Waals surface area (Å²) in [5, 5.41) is 2.35. The summed E-state index contributed by atoms with van der Waals surface area (Å²) < 4.78 is 22.3. The Morgan fingerprint density at radius 1 is 0.338 bits per heavy atom. The number of hydrogen-bond donors (Lipinski definition) is 0. The van der Waals surface area contributed by atoms with E-state index in [4.69, 9.17) is 51.8 Å². The van der Waals surface area contributed by atoms with Gasteiger partial charge in [-0.15, -0.1) is 10.2 Å². The van der Waals surface area contributed by atoms with Crippen LogP contribution in [0.3, 0.4) is 0 Å². The van der Waals surface area contributed by atoms with E-state index in [0.29, 0.717) is 11.1 Å². The molecule has 0 aliphatic carbocycles. The minimum atomic E-state index is -1.75. The van der Waals surface area contributed by atoms with Gasteiger partial charge in [0.25, 0.3) is 6.71 Å². The first-order valence-corrected chi connectivity index (χ1v) is 24.9. The lowest BCUT2D eigenvalue weighted by molar-refractivity contribution is 0.500. The van der Waals surface area contributed by atoms with Gasteiger partial charge in [-0.25, -0.2) is 0 Å². The normalized spacial score (nSPS) is 13.8. The molecule has 7 nitrogen and oxygen atoms in total. The van der Waals surface area contributed by atoms with Gasteiger partial charge >= 0.3 is 0 Å². The summed E-state index contributed by atoms with van der Waals surface area (Å²) in [6, 6.07) is 61.7. The van der Waals surface area contributed by atoms with Crippen molar-refractivity contribution in [1.82, 2.24) is 27.1 Å². The highest BCUT2D eigenvalue weighted by atomic mass is 16.5. The molecule has 6 aromatic heterocycles. The zero-order chi connectivity index (χ0) is 49.0. The van der Waals surface area contributed by atoms with E-state index in [-0.39, 0.29) is 6.71 Å². The number of benzene rings is 9. The van der Waals surface area contributed by atoms with Crippen molar-refractivity contribution in [1.29, 1.82) is 0 Å². The largest absolute Gasteiger partial charge is 0.457 e. The molecule has 14 heteroatoms. The van der Waals surface area contributed by atoms with Crippen molar-refractivity contribution in [2.45, 2.75) is 10.2 Å². The predicted molar refractivity (Wildman–Crippen MR) is 308 cm³/mol. The molecule has 12 radical (unpaired) electrons. The summed E-state index contributed by atoms with van der Waals surface area (Å²) in [4.78, 5) is 0. The Morgan fingerprint density at radius 2 is 0.716 bits per heavy atom. The Hall–Kier alpha value is -8.49. The molecule has 0 saturated heterocycles. The molecule has 0 spiro atoms. The summed E-state index contributed by atoms with van der Waals surface area (Å²) in [5.74, 6) is 1.59. The highest BCUT2D eigenvalue weighted by Gasteiger charge is 2.51. The third-order valence-corrected chi connectivity index (χ3v) is 16.6. The lowest BCUT2D eigenvalue weighted by Gasteiger charge is -2.38. The van der Waals surface area contributed by atoms with Gasteiger partial charge in [0.1, 0.15) is 22.8 Å². The van der Waals surface area contributed by atoms with Crippen LogP contribution in [-0.2, 0) is 10.2 Å². The average molecular weight is 926 g/mol. The fraction of sp³-hybridized carbons (Fsp3) is 0.0333. The van der Waals surface area contributed by atoms with Crippen molar-refractivity contribution in [2.24, 2.45) is 0 Å². The van der Waals surface area contributed by atoms with Crippen molar-refractivity contribution in [3.8, 4) is 34.2 Å². The topological polar surface area (TPSA) is 37.8 Å². The smallest absolute Gasteiger partial charge is 0.262 e. The van der Waals surface area contributed by atoms with E-state index in [0.717, 1.165) is 149 Å². The SMILES string of the molecule is [B]C([B])([B])c1c2ccccc2n2c3c4c5c(c6c7ccccc7n(-c7ccccc7)c63)Oc3c6c7c(c8c3c3ccccc3n8-c3ccccc3)n3c8ccccc8c(C([B])([B])[B])c3n7-c3cccc(c3B56)-n4c12. The third kappa shape index (κ3) is 4.40. The molecule has 326 valence electrons. The molecule has 9 aromatic carbocycles. The molecule has 0 atom stereocenters. The van der Waals surface area contributed by atoms with Crippen LogP contribution in [0.5, 0.6) is 11.5 Å². The molecule has 0 amide bonds. The zero-order valence-corrected chi connectivity index (χ0v) is 39.4. The maximum absolute atomic E-state index is 8.13. The Bertz CT molecular complexity index is 4830. The van der Waals surface area contributed by atoms with Crippen molar-refractivity contribution in [3.05, 3.63) is 187 Å². The molecular formula is C60H29B7N6O. The summed E-state index contributed by atoms with van der Waals surface area (Å²) in [7, 11) is 42.2. The summed E-state index contributed by atoms with van der Waals surface area (Å²) in [5.41, 5.74) is 19.8. The number of fused-ring (bicyclic) bond motifs is 22. The lowest BCUT2D eigenvalue weighted by Crippen LogP contribution is -2.61. The molecule has 15 aromatic rings. The maximum Gasteiger partial charge on any atom is 0.262 e. The summed E-state index contributed by atoms with van der Waals surface area (Å²) in [6.45, 7) is -0.336. The highest BCUT2D eigenvalue weighted by molar-refractivity contribution is 7.02. The molecule has 18 rings (SSSR count). The Kier molecular flexibility index (Phi) is 7.03.